The molecule has 8 N–H and O–H groups in total. The van der Waals surface area contributed by atoms with Crippen molar-refractivity contribution < 1.29 is 77.9 Å². The molecule has 19 heteroatoms. The number of carbonyl (C=O) groups excluding carboxylic acids is 3. The number of aliphatic carboxylic acids is 1. The summed E-state index contributed by atoms with van der Waals surface area (Å²) in [5, 5.41) is 58.5. The average molecular weight is 1040 g/mol. The highest BCUT2D eigenvalue weighted by Gasteiger charge is 2.55. The predicted molar refractivity (Wildman–Crippen MR) is 274 cm³/mol. The molecule has 0 saturated carbocycles. The Bertz CT molecular complexity index is 1320. The van der Waals surface area contributed by atoms with E-state index in [4.69, 9.17) is 33.2 Å². The zero-order valence-corrected chi connectivity index (χ0v) is 44.6. The normalized spacial score (nSPS) is 18.7. The van der Waals surface area contributed by atoms with Crippen LogP contribution >= 0.6 is 0 Å². The van der Waals surface area contributed by atoms with Gasteiger partial charge in [0, 0.05) is 39.3 Å². The number of rotatable bonds is 52. The lowest BCUT2D eigenvalue weighted by Crippen LogP contribution is -2.67. The molecule has 1 rings (SSSR count). The highest BCUT2D eigenvalue weighted by Crippen LogP contribution is 2.34. The van der Waals surface area contributed by atoms with E-state index in [0.717, 1.165) is 19.8 Å². The Morgan fingerprint density at radius 1 is 0.556 bits per heavy atom. The number of carboxylic acids is 1. The summed E-state index contributed by atoms with van der Waals surface area (Å²) in [5.41, 5.74) is 0. The number of amides is 3. The fourth-order valence-corrected chi connectivity index (χ4v) is 8.45. The molecular weight excluding hydrogens is 935 g/mol. The lowest BCUT2D eigenvalue weighted by Gasteiger charge is -2.46. The van der Waals surface area contributed by atoms with Gasteiger partial charge in [-0.05, 0) is 25.7 Å². The van der Waals surface area contributed by atoms with Crippen LogP contribution in [0.4, 0.5) is 0 Å². The number of hydrogen-bond acceptors (Lipinski definition) is 15. The van der Waals surface area contributed by atoms with Crippen molar-refractivity contribution in [3.05, 3.63) is 0 Å². The van der Waals surface area contributed by atoms with Gasteiger partial charge in [-0.2, -0.15) is 0 Å². The van der Waals surface area contributed by atoms with E-state index in [9.17, 15) is 44.7 Å². The second kappa shape index (κ2) is 46.9. The second-order valence-electron chi connectivity index (χ2n) is 19.1. The van der Waals surface area contributed by atoms with Crippen LogP contribution in [0.1, 0.15) is 187 Å². The molecule has 0 aromatic heterocycles. The van der Waals surface area contributed by atoms with Gasteiger partial charge in [0.1, 0.15) is 18.3 Å². The zero-order valence-electron chi connectivity index (χ0n) is 44.6. The fraction of sp³-hybridized carbons (Fsp3) is 0.925. The Labute approximate surface area is 432 Å². The second-order valence-corrected chi connectivity index (χ2v) is 19.1. The standard InChI is InChI=1S/C53H101N3O16/c1-3-4-5-6-7-8-9-10-11-12-13-14-15-16-17-18-19-20-21-22-24-27-47(61)55-30-33-67-35-37-69-39-41-70-40-38-68-36-34-66-32-28-48(62)54-29-25-23-26-31-71-53(52(64)65)42-45(59)49(56-44(2)58)51(72-53)50(63)46(60)43-57/h45-46,49-51,57,59-60,63H,3-43H2,1-2H3,(H,54,62)(H,55,61)(H,56,58)(H,64,65)/t45-,46+,49+,50+,51+,53+/m0/s1. The molecular formula is C53H101N3O16. The topological polar surface area (TPSA) is 270 Å². The number of ether oxygens (including phenoxy) is 7. The molecule has 0 aromatic carbocycles. The number of hydrogen-bond donors (Lipinski definition) is 8. The Hall–Kier alpha value is -2.56. The van der Waals surface area contributed by atoms with E-state index < -0.39 is 61.1 Å². The largest absolute Gasteiger partial charge is 0.477 e. The van der Waals surface area contributed by atoms with E-state index in [1.165, 1.54) is 122 Å². The Morgan fingerprint density at radius 2 is 0.972 bits per heavy atom. The SMILES string of the molecule is CCCCCCCCCCCCCCCCCCCCCCCC(=O)NCCOCCOCCOCCOCCOCCC(=O)NCCCCCO[C@]1(C(=O)O)C[C@H](O)[C@@H](NC(C)=O)[C@H]([C@H](O)[C@H](O)CO)O1. The van der Waals surface area contributed by atoms with Crippen LogP contribution in [-0.4, -0.2) is 178 Å². The maximum Gasteiger partial charge on any atom is 0.364 e. The van der Waals surface area contributed by atoms with Crippen LogP contribution in [0.15, 0.2) is 0 Å². The van der Waals surface area contributed by atoms with Gasteiger partial charge in [0.15, 0.2) is 0 Å². The van der Waals surface area contributed by atoms with Crippen LogP contribution in [0.5, 0.6) is 0 Å². The van der Waals surface area contributed by atoms with Crippen molar-refractivity contribution in [2.24, 2.45) is 0 Å². The molecule has 3 amide bonds. The zero-order chi connectivity index (χ0) is 52.8. The van der Waals surface area contributed by atoms with Crippen molar-refractivity contribution in [3.63, 3.8) is 0 Å². The number of aliphatic hydroxyl groups excluding tert-OH is 4. The minimum atomic E-state index is -2.37. The van der Waals surface area contributed by atoms with Gasteiger partial charge >= 0.3 is 5.97 Å². The molecule has 1 aliphatic rings. The molecule has 424 valence electrons. The average Bonchev–Trinajstić information content (AvgIpc) is 3.36. The fourth-order valence-electron chi connectivity index (χ4n) is 8.45. The lowest BCUT2D eigenvalue weighted by atomic mass is 9.88. The van der Waals surface area contributed by atoms with Crippen LogP contribution in [0.3, 0.4) is 0 Å². The first-order valence-corrected chi connectivity index (χ1v) is 27.9. The first-order valence-electron chi connectivity index (χ1n) is 27.9. The van der Waals surface area contributed by atoms with Gasteiger partial charge in [-0.1, -0.05) is 135 Å². The highest BCUT2D eigenvalue weighted by atomic mass is 16.7. The minimum absolute atomic E-state index is 0.0897. The summed E-state index contributed by atoms with van der Waals surface area (Å²) < 4.78 is 38.7. The van der Waals surface area contributed by atoms with Gasteiger partial charge < -0.3 is 74.6 Å². The molecule has 0 bridgehead atoms. The Kier molecular flexibility index (Phi) is 44.0. The summed E-state index contributed by atoms with van der Waals surface area (Å²) >= 11 is 0. The van der Waals surface area contributed by atoms with Crippen molar-refractivity contribution in [1.82, 2.24) is 16.0 Å². The number of carbonyl (C=O) groups is 4. The molecule has 0 unspecified atom stereocenters. The summed E-state index contributed by atoms with van der Waals surface area (Å²) in [7, 11) is 0. The number of aliphatic hydroxyl groups is 4. The Morgan fingerprint density at radius 3 is 1.43 bits per heavy atom. The molecule has 1 aliphatic heterocycles. The maximum atomic E-state index is 12.2. The van der Waals surface area contributed by atoms with E-state index in [2.05, 4.69) is 22.9 Å². The number of nitrogens with one attached hydrogen (secondary N) is 3. The van der Waals surface area contributed by atoms with Gasteiger partial charge in [-0.25, -0.2) is 4.79 Å². The molecule has 19 nitrogen and oxygen atoms in total. The first-order chi connectivity index (χ1) is 35.0. The minimum Gasteiger partial charge on any atom is -0.477 e. The third kappa shape index (κ3) is 36.4. The van der Waals surface area contributed by atoms with E-state index in [-0.39, 0.29) is 31.4 Å². The van der Waals surface area contributed by atoms with Crippen molar-refractivity contribution in [2.45, 2.75) is 223 Å². The third-order valence-corrected chi connectivity index (χ3v) is 12.7. The number of carboxylic acid groups (broad SMARTS) is 1. The highest BCUT2D eigenvalue weighted by molar-refractivity contribution is 5.77. The van der Waals surface area contributed by atoms with E-state index in [1.54, 1.807) is 0 Å². The monoisotopic (exact) mass is 1040 g/mol. The van der Waals surface area contributed by atoms with Crippen LogP contribution in [0.25, 0.3) is 0 Å². The molecule has 6 atom stereocenters. The van der Waals surface area contributed by atoms with Crippen LogP contribution in [0, 0.1) is 0 Å². The van der Waals surface area contributed by atoms with Gasteiger partial charge in [0.25, 0.3) is 5.79 Å². The first kappa shape index (κ1) is 67.5. The van der Waals surface area contributed by atoms with Crippen molar-refractivity contribution in [2.75, 3.05) is 92.4 Å². The van der Waals surface area contributed by atoms with E-state index in [0.29, 0.717) is 98.2 Å². The Balaban J connectivity index is 1.85. The molecule has 0 aliphatic carbocycles. The quantitative estimate of drug-likeness (QED) is 0.0343. The smallest absolute Gasteiger partial charge is 0.364 e. The van der Waals surface area contributed by atoms with Crippen molar-refractivity contribution >= 4 is 23.7 Å². The van der Waals surface area contributed by atoms with Crippen LogP contribution < -0.4 is 16.0 Å². The van der Waals surface area contributed by atoms with Gasteiger partial charge in [-0.3, -0.25) is 14.4 Å². The van der Waals surface area contributed by atoms with Crippen molar-refractivity contribution in [3.8, 4) is 0 Å². The summed E-state index contributed by atoms with van der Waals surface area (Å²) in [5.74, 6) is -4.62. The summed E-state index contributed by atoms with van der Waals surface area (Å²) in [6, 6.07) is -1.27. The van der Waals surface area contributed by atoms with Gasteiger partial charge in [0.2, 0.25) is 17.7 Å². The van der Waals surface area contributed by atoms with Crippen molar-refractivity contribution in [1.29, 1.82) is 0 Å². The van der Waals surface area contributed by atoms with Gasteiger partial charge in [0.05, 0.1) is 91.4 Å². The van der Waals surface area contributed by atoms with Gasteiger partial charge in [-0.15, -0.1) is 0 Å². The van der Waals surface area contributed by atoms with E-state index >= 15 is 0 Å². The maximum absolute atomic E-state index is 12.2. The molecule has 0 aromatic rings. The summed E-state index contributed by atoms with van der Waals surface area (Å²) in [4.78, 5) is 48.2. The molecule has 72 heavy (non-hydrogen) atoms. The van der Waals surface area contributed by atoms with Crippen LogP contribution in [-0.2, 0) is 52.3 Å². The summed E-state index contributed by atoms with van der Waals surface area (Å²) in [6.45, 7) is 7.27. The molecule has 1 heterocycles. The molecule has 0 spiro atoms. The molecule has 0 radical (unpaired) electrons. The molecule has 1 fully saturated rings. The predicted octanol–water partition coefficient (Wildman–Crippen LogP) is 5.63. The third-order valence-electron chi connectivity index (χ3n) is 12.7. The number of unbranched alkanes of at least 4 members (excludes halogenated alkanes) is 22. The van der Waals surface area contributed by atoms with Crippen LogP contribution in [0.2, 0.25) is 0 Å². The summed E-state index contributed by atoms with van der Waals surface area (Å²) in [6.07, 6.45) is 23.4. The lowest BCUT2D eigenvalue weighted by molar-refractivity contribution is -0.311. The van der Waals surface area contributed by atoms with E-state index in [1.807, 2.05) is 0 Å². The molecule has 1 saturated heterocycles.